The second-order valence-corrected chi connectivity index (χ2v) is 4.53. The fraction of sp³-hybridized carbons (Fsp3) is 0.214. The molecule has 0 amide bonds. The predicted molar refractivity (Wildman–Crippen MR) is 76.4 cm³/mol. The van der Waals surface area contributed by atoms with Gasteiger partial charge >= 0.3 is 5.97 Å². The molecule has 1 aromatic carbocycles. The van der Waals surface area contributed by atoms with Crippen LogP contribution in [0.5, 0.6) is 11.8 Å². The molecule has 21 heavy (non-hydrogen) atoms. The summed E-state index contributed by atoms with van der Waals surface area (Å²) in [6, 6.07) is 6.42. The van der Waals surface area contributed by atoms with E-state index in [0.29, 0.717) is 23.1 Å². The molecule has 110 valence electrons. The highest BCUT2D eigenvalue weighted by Crippen LogP contribution is 2.23. The lowest BCUT2D eigenvalue weighted by Gasteiger charge is -2.09. The first-order valence-electron chi connectivity index (χ1n) is 6.01. The van der Waals surface area contributed by atoms with E-state index in [4.69, 9.17) is 21.1 Å². The number of ether oxygens (including phenoxy) is 2. The standard InChI is InChI=1S/C14H13ClN2O4/c1-20-11-7-12(21-2)17-10(16-11)6-8-4-3-5-9(15)13(8)14(18)19/h3-5,7H,6H2,1-2H3,(H,18,19). The molecule has 0 fully saturated rings. The zero-order valence-electron chi connectivity index (χ0n) is 11.5. The van der Waals surface area contributed by atoms with Gasteiger partial charge in [0.2, 0.25) is 11.8 Å². The van der Waals surface area contributed by atoms with E-state index in [1.807, 2.05) is 0 Å². The van der Waals surface area contributed by atoms with Gasteiger partial charge in [-0.1, -0.05) is 23.7 Å². The summed E-state index contributed by atoms with van der Waals surface area (Å²) < 4.78 is 10.1. The number of rotatable bonds is 5. The van der Waals surface area contributed by atoms with Crippen LogP contribution in [0.3, 0.4) is 0 Å². The number of benzene rings is 1. The number of carboxylic acid groups (broad SMARTS) is 1. The molecule has 0 saturated carbocycles. The largest absolute Gasteiger partial charge is 0.481 e. The van der Waals surface area contributed by atoms with Gasteiger partial charge in [0.25, 0.3) is 0 Å². The Morgan fingerprint density at radius 1 is 1.24 bits per heavy atom. The molecule has 0 spiro atoms. The molecule has 0 aliphatic carbocycles. The smallest absolute Gasteiger partial charge is 0.337 e. The summed E-state index contributed by atoms with van der Waals surface area (Å²) in [5.41, 5.74) is 0.565. The Hall–Kier alpha value is -2.34. The molecule has 6 nitrogen and oxygen atoms in total. The Morgan fingerprint density at radius 2 is 1.86 bits per heavy atom. The quantitative estimate of drug-likeness (QED) is 0.913. The minimum atomic E-state index is -1.09. The Labute approximate surface area is 126 Å². The first-order chi connectivity index (χ1) is 10.0. The van der Waals surface area contributed by atoms with Gasteiger partial charge in [-0.3, -0.25) is 0 Å². The zero-order chi connectivity index (χ0) is 15.4. The van der Waals surface area contributed by atoms with Crippen molar-refractivity contribution in [3.05, 3.63) is 46.2 Å². The van der Waals surface area contributed by atoms with Crippen molar-refractivity contribution in [1.82, 2.24) is 9.97 Å². The van der Waals surface area contributed by atoms with Gasteiger partial charge in [-0.05, 0) is 11.6 Å². The third kappa shape index (κ3) is 3.41. The molecule has 7 heteroatoms. The third-order valence-electron chi connectivity index (χ3n) is 2.81. The van der Waals surface area contributed by atoms with E-state index in [9.17, 15) is 9.90 Å². The van der Waals surface area contributed by atoms with E-state index in [2.05, 4.69) is 9.97 Å². The summed E-state index contributed by atoms with van der Waals surface area (Å²) in [6.07, 6.45) is 0.204. The highest BCUT2D eigenvalue weighted by Gasteiger charge is 2.16. The van der Waals surface area contributed by atoms with Crippen molar-refractivity contribution < 1.29 is 19.4 Å². The highest BCUT2D eigenvalue weighted by atomic mass is 35.5. The van der Waals surface area contributed by atoms with E-state index < -0.39 is 5.97 Å². The first kappa shape index (κ1) is 15.1. The van der Waals surface area contributed by atoms with Gasteiger partial charge < -0.3 is 14.6 Å². The van der Waals surface area contributed by atoms with Crippen LogP contribution in [0, 0.1) is 0 Å². The molecule has 1 N–H and O–H groups in total. The highest BCUT2D eigenvalue weighted by molar-refractivity contribution is 6.33. The number of hydrogen-bond donors (Lipinski definition) is 1. The maximum Gasteiger partial charge on any atom is 0.337 e. The van der Waals surface area contributed by atoms with E-state index in [1.165, 1.54) is 20.3 Å². The maximum atomic E-state index is 11.3. The molecule has 0 aliphatic rings. The summed E-state index contributed by atoms with van der Waals surface area (Å²) in [5, 5.41) is 9.43. The fourth-order valence-corrected chi connectivity index (χ4v) is 2.14. The van der Waals surface area contributed by atoms with Crippen LogP contribution in [0.2, 0.25) is 5.02 Å². The molecular weight excluding hydrogens is 296 g/mol. The van der Waals surface area contributed by atoms with Crippen molar-refractivity contribution in [3.63, 3.8) is 0 Å². The Kier molecular flexibility index (Phi) is 4.59. The molecule has 0 saturated heterocycles. The lowest BCUT2D eigenvalue weighted by Crippen LogP contribution is -2.07. The van der Waals surface area contributed by atoms with Gasteiger partial charge in [0.05, 0.1) is 30.9 Å². The summed E-state index contributed by atoms with van der Waals surface area (Å²) in [6.45, 7) is 0. The van der Waals surface area contributed by atoms with Crippen molar-refractivity contribution >= 4 is 17.6 Å². The monoisotopic (exact) mass is 308 g/mol. The van der Waals surface area contributed by atoms with Crippen molar-refractivity contribution in [2.75, 3.05) is 14.2 Å². The van der Waals surface area contributed by atoms with Gasteiger partial charge in [-0.2, -0.15) is 9.97 Å². The fourth-order valence-electron chi connectivity index (χ4n) is 1.86. The van der Waals surface area contributed by atoms with E-state index in [0.717, 1.165) is 0 Å². The number of carbonyl (C=O) groups is 1. The van der Waals surface area contributed by atoms with E-state index >= 15 is 0 Å². The number of aromatic carboxylic acids is 1. The molecule has 2 aromatic rings. The summed E-state index contributed by atoms with van der Waals surface area (Å²) in [5.74, 6) is -0.0204. The average molecular weight is 309 g/mol. The number of carboxylic acids is 1. The van der Waals surface area contributed by atoms with Gasteiger partial charge in [-0.25, -0.2) is 4.79 Å². The normalized spacial score (nSPS) is 10.2. The molecule has 0 radical (unpaired) electrons. The van der Waals surface area contributed by atoms with Crippen molar-refractivity contribution in [3.8, 4) is 11.8 Å². The Balaban J connectivity index is 2.43. The number of halogens is 1. The van der Waals surface area contributed by atoms with Crippen molar-refractivity contribution in [2.45, 2.75) is 6.42 Å². The number of nitrogens with zero attached hydrogens (tertiary/aromatic N) is 2. The van der Waals surface area contributed by atoms with Gasteiger partial charge in [0.15, 0.2) is 0 Å². The maximum absolute atomic E-state index is 11.3. The Morgan fingerprint density at radius 3 is 2.38 bits per heavy atom. The van der Waals surface area contributed by atoms with Crippen LogP contribution in [0.1, 0.15) is 21.7 Å². The molecule has 1 aromatic heterocycles. The molecule has 0 aliphatic heterocycles. The lowest BCUT2D eigenvalue weighted by atomic mass is 10.0. The number of hydrogen-bond acceptors (Lipinski definition) is 5. The van der Waals surface area contributed by atoms with Crippen LogP contribution >= 0.6 is 11.6 Å². The minimum Gasteiger partial charge on any atom is -0.481 e. The van der Waals surface area contributed by atoms with Gasteiger partial charge in [0.1, 0.15) is 5.82 Å². The molecule has 2 rings (SSSR count). The van der Waals surface area contributed by atoms with Gasteiger partial charge in [-0.15, -0.1) is 0 Å². The first-order valence-corrected chi connectivity index (χ1v) is 6.39. The van der Waals surface area contributed by atoms with Crippen LogP contribution in [0.15, 0.2) is 24.3 Å². The van der Waals surface area contributed by atoms with Crippen molar-refractivity contribution in [2.24, 2.45) is 0 Å². The lowest BCUT2D eigenvalue weighted by molar-refractivity contribution is 0.0696. The number of methoxy groups -OCH3 is 2. The van der Waals surface area contributed by atoms with E-state index in [1.54, 1.807) is 18.2 Å². The Bertz CT molecular complexity index is 654. The number of aromatic nitrogens is 2. The van der Waals surface area contributed by atoms with Crippen LogP contribution < -0.4 is 9.47 Å². The van der Waals surface area contributed by atoms with Crippen LogP contribution in [0.4, 0.5) is 0 Å². The zero-order valence-corrected chi connectivity index (χ0v) is 12.2. The van der Waals surface area contributed by atoms with Crippen LogP contribution in [-0.4, -0.2) is 35.3 Å². The molecule has 1 heterocycles. The van der Waals surface area contributed by atoms with Crippen molar-refractivity contribution in [1.29, 1.82) is 0 Å². The third-order valence-corrected chi connectivity index (χ3v) is 3.12. The molecule has 0 atom stereocenters. The average Bonchev–Trinajstić information content (AvgIpc) is 2.46. The van der Waals surface area contributed by atoms with E-state index in [-0.39, 0.29) is 17.0 Å². The summed E-state index contributed by atoms with van der Waals surface area (Å²) in [4.78, 5) is 19.7. The second-order valence-electron chi connectivity index (χ2n) is 4.12. The second kappa shape index (κ2) is 6.41. The SMILES string of the molecule is COc1cc(OC)nc(Cc2cccc(Cl)c2C(=O)O)n1. The summed E-state index contributed by atoms with van der Waals surface area (Å²) in [7, 11) is 2.96. The predicted octanol–water partition coefficient (Wildman–Crippen LogP) is 2.44. The van der Waals surface area contributed by atoms with Crippen LogP contribution in [0.25, 0.3) is 0 Å². The minimum absolute atomic E-state index is 0.0459. The molecule has 0 bridgehead atoms. The van der Waals surface area contributed by atoms with Crippen LogP contribution in [-0.2, 0) is 6.42 Å². The molecular formula is C14H13ClN2O4. The molecule has 0 unspecified atom stereocenters. The van der Waals surface area contributed by atoms with Gasteiger partial charge in [0, 0.05) is 6.42 Å². The topological polar surface area (TPSA) is 81.5 Å². The summed E-state index contributed by atoms with van der Waals surface area (Å²) >= 11 is 5.94.